The van der Waals surface area contributed by atoms with Crippen LogP contribution in [0, 0.1) is 0 Å². The highest BCUT2D eigenvalue weighted by atomic mass is 32.2. The number of aliphatic imine (C=N–C) groups is 1. The Morgan fingerprint density at radius 3 is 3.25 bits per heavy atom. The number of Topliss-reactive ketones (excluding diaryl/α,β-unsaturated/α-hetero) is 1. The molecule has 2 aliphatic heterocycles. The van der Waals surface area contributed by atoms with E-state index in [4.69, 9.17) is 0 Å². The van der Waals surface area contributed by atoms with Crippen molar-refractivity contribution in [3.8, 4) is 0 Å². The molecule has 0 aromatic rings. The Kier molecular flexibility index (Phi) is 2.22. The number of rotatable bonds is 0. The molecule has 0 aromatic heterocycles. The molecule has 2 atom stereocenters. The third kappa shape index (κ3) is 1.56. The summed E-state index contributed by atoms with van der Waals surface area (Å²) >= 11 is 1.80. The first-order chi connectivity index (χ1) is 5.75. The van der Waals surface area contributed by atoms with Crippen molar-refractivity contribution < 1.29 is 4.79 Å². The van der Waals surface area contributed by atoms with Gasteiger partial charge in [-0.15, -0.1) is 11.8 Å². The van der Waals surface area contributed by atoms with E-state index >= 15 is 0 Å². The van der Waals surface area contributed by atoms with Gasteiger partial charge in [0.25, 0.3) is 0 Å². The minimum atomic E-state index is 0.310. The Balaban J connectivity index is 2.12. The van der Waals surface area contributed by atoms with Gasteiger partial charge in [0.2, 0.25) is 0 Å². The molecule has 66 valence electrons. The van der Waals surface area contributed by atoms with Crippen molar-refractivity contribution >= 4 is 23.3 Å². The van der Waals surface area contributed by atoms with Crippen LogP contribution in [0.15, 0.2) is 4.99 Å². The average molecular weight is 183 g/mol. The van der Waals surface area contributed by atoms with E-state index in [1.54, 1.807) is 11.8 Å². The summed E-state index contributed by atoms with van der Waals surface area (Å²) in [5.74, 6) is 1.09. The second kappa shape index (κ2) is 3.21. The van der Waals surface area contributed by atoms with Gasteiger partial charge in [-0.3, -0.25) is 9.79 Å². The van der Waals surface area contributed by atoms with Gasteiger partial charge in [-0.1, -0.05) is 0 Å². The third-order valence-corrected chi connectivity index (χ3v) is 3.97. The van der Waals surface area contributed by atoms with E-state index in [1.807, 2.05) is 0 Å². The summed E-state index contributed by atoms with van der Waals surface area (Å²) in [4.78, 5) is 15.7. The van der Waals surface area contributed by atoms with Gasteiger partial charge in [0, 0.05) is 17.4 Å². The Hall–Kier alpha value is -0.310. The maximum absolute atomic E-state index is 11.1. The minimum Gasteiger partial charge on any atom is -0.299 e. The van der Waals surface area contributed by atoms with Crippen molar-refractivity contribution in [2.75, 3.05) is 5.75 Å². The van der Waals surface area contributed by atoms with Gasteiger partial charge < -0.3 is 0 Å². The Labute approximate surface area is 76.8 Å². The van der Waals surface area contributed by atoms with Crippen LogP contribution < -0.4 is 0 Å². The third-order valence-electron chi connectivity index (χ3n) is 2.50. The molecule has 2 aliphatic rings. The van der Waals surface area contributed by atoms with Gasteiger partial charge in [-0.2, -0.15) is 0 Å². The standard InChI is InChI=1S/C9H13NOS/c1-6-2-3-9-8(10-6)4-7(11)5-12-9/h8-9H,2-5H2,1H3. The quantitative estimate of drug-likeness (QED) is 0.572. The predicted octanol–water partition coefficient (Wildman–Crippen LogP) is 1.68. The zero-order chi connectivity index (χ0) is 8.55. The SMILES string of the molecule is CC1=NC2CC(=O)CSC2CC1. The van der Waals surface area contributed by atoms with Crippen molar-refractivity contribution in [2.24, 2.45) is 4.99 Å². The largest absolute Gasteiger partial charge is 0.299 e. The van der Waals surface area contributed by atoms with Gasteiger partial charge in [-0.25, -0.2) is 0 Å². The summed E-state index contributed by atoms with van der Waals surface area (Å²) < 4.78 is 0. The summed E-state index contributed by atoms with van der Waals surface area (Å²) in [5.41, 5.74) is 1.23. The predicted molar refractivity (Wildman–Crippen MR) is 52.0 cm³/mol. The summed E-state index contributed by atoms with van der Waals surface area (Å²) in [6.45, 7) is 2.07. The van der Waals surface area contributed by atoms with Crippen LogP contribution in [-0.2, 0) is 4.79 Å². The van der Waals surface area contributed by atoms with Crippen LogP contribution in [0.2, 0.25) is 0 Å². The molecular weight excluding hydrogens is 170 g/mol. The minimum absolute atomic E-state index is 0.310. The summed E-state index contributed by atoms with van der Waals surface area (Å²) in [7, 11) is 0. The molecule has 12 heavy (non-hydrogen) atoms. The summed E-state index contributed by atoms with van der Waals surface area (Å²) in [5, 5.41) is 0.631. The van der Waals surface area contributed by atoms with E-state index in [1.165, 1.54) is 12.1 Å². The van der Waals surface area contributed by atoms with Crippen LogP contribution in [0.5, 0.6) is 0 Å². The highest BCUT2D eigenvalue weighted by Crippen LogP contribution is 2.32. The second-order valence-electron chi connectivity index (χ2n) is 3.56. The normalized spacial score (nSPS) is 35.8. The van der Waals surface area contributed by atoms with Crippen LogP contribution >= 0.6 is 11.8 Å². The van der Waals surface area contributed by atoms with Crippen LogP contribution in [0.25, 0.3) is 0 Å². The van der Waals surface area contributed by atoms with Gasteiger partial charge >= 0.3 is 0 Å². The highest BCUT2D eigenvalue weighted by Gasteiger charge is 2.31. The Bertz CT molecular complexity index is 237. The smallest absolute Gasteiger partial charge is 0.144 e. The van der Waals surface area contributed by atoms with Crippen LogP contribution in [0.1, 0.15) is 26.2 Å². The fraction of sp³-hybridized carbons (Fsp3) is 0.778. The van der Waals surface area contributed by atoms with Gasteiger partial charge in [-0.05, 0) is 19.8 Å². The number of hydrogen-bond acceptors (Lipinski definition) is 3. The fourth-order valence-corrected chi connectivity index (χ4v) is 3.02. The number of fused-ring (bicyclic) bond motifs is 1. The van der Waals surface area contributed by atoms with Crippen LogP contribution in [0.4, 0.5) is 0 Å². The molecule has 0 N–H and O–H groups in total. The molecule has 0 bridgehead atoms. The molecule has 1 fully saturated rings. The molecule has 2 rings (SSSR count). The number of carbonyl (C=O) groups excluding carboxylic acids is 1. The molecule has 2 unspecified atom stereocenters. The lowest BCUT2D eigenvalue weighted by Gasteiger charge is -2.31. The fourth-order valence-electron chi connectivity index (χ4n) is 1.84. The molecule has 2 heterocycles. The van der Waals surface area contributed by atoms with Crippen molar-refractivity contribution in [3.05, 3.63) is 0 Å². The maximum Gasteiger partial charge on any atom is 0.144 e. The monoisotopic (exact) mass is 183 g/mol. The van der Waals surface area contributed by atoms with Gasteiger partial charge in [0.15, 0.2) is 0 Å². The lowest BCUT2D eigenvalue weighted by atomic mass is 9.98. The second-order valence-corrected chi connectivity index (χ2v) is 4.79. The van der Waals surface area contributed by atoms with Crippen molar-refractivity contribution in [3.63, 3.8) is 0 Å². The van der Waals surface area contributed by atoms with Gasteiger partial charge in [0.1, 0.15) is 5.78 Å². The maximum atomic E-state index is 11.1. The number of nitrogens with zero attached hydrogens (tertiary/aromatic N) is 1. The molecule has 0 spiro atoms. The number of thioether (sulfide) groups is 1. The molecule has 0 amide bonds. The van der Waals surface area contributed by atoms with E-state index in [0.717, 1.165) is 12.2 Å². The molecule has 2 nitrogen and oxygen atoms in total. The topological polar surface area (TPSA) is 29.4 Å². The molecule has 0 aliphatic carbocycles. The zero-order valence-corrected chi connectivity index (χ0v) is 8.06. The Morgan fingerprint density at radius 1 is 1.58 bits per heavy atom. The van der Waals surface area contributed by atoms with Crippen LogP contribution in [-0.4, -0.2) is 28.5 Å². The summed E-state index contributed by atoms with van der Waals surface area (Å²) in [6.07, 6.45) is 3.04. The first kappa shape index (κ1) is 8.30. The van der Waals surface area contributed by atoms with Crippen LogP contribution in [0.3, 0.4) is 0 Å². The van der Waals surface area contributed by atoms with Crippen molar-refractivity contribution in [1.82, 2.24) is 0 Å². The molecule has 1 saturated heterocycles. The summed E-state index contributed by atoms with van der Waals surface area (Å²) in [6, 6.07) is 0.310. The van der Waals surface area contributed by atoms with E-state index in [0.29, 0.717) is 23.5 Å². The average Bonchev–Trinajstić information content (AvgIpc) is 2.03. The molecule has 0 saturated carbocycles. The molecular formula is C9H13NOS. The van der Waals surface area contributed by atoms with Crippen molar-refractivity contribution in [2.45, 2.75) is 37.5 Å². The number of hydrogen-bond donors (Lipinski definition) is 0. The van der Waals surface area contributed by atoms with Crippen molar-refractivity contribution in [1.29, 1.82) is 0 Å². The number of carbonyl (C=O) groups is 1. The number of ketones is 1. The Morgan fingerprint density at radius 2 is 2.42 bits per heavy atom. The lowest BCUT2D eigenvalue weighted by molar-refractivity contribution is -0.117. The first-order valence-corrected chi connectivity index (χ1v) is 5.47. The van der Waals surface area contributed by atoms with Gasteiger partial charge in [0.05, 0.1) is 11.8 Å². The van der Waals surface area contributed by atoms with E-state index in [-0.39, 0.29) is 0 Å². The van der Waals surface area contributed by atoms with E-state index in [2.05, 4.69) is 11.9 Å². The molecule has 3 heteroatoms. The molecule has 0 radical (unpaired) electrons. The lowest BCUT2D eigenvalue weighted by Crippen LogP contribution is -2.35. The molecule has 0 aromatic carbocycles. The van der Waals surface area contributed by atoms with E-state index < -0.39 is 0 Å². The van der Waals surface area contributed by atoms with E-state index in [9.17, 15) is 4.79 Å². The zero-order valence-electron chi connectivity index (χ0n) is 7.25. The first-order valence-electron chi connectivity index (χ1n) is 4.42. The highest BCUT2D eigenvalue weighted by molar-refractivity contribution is 8.00.